The lowest BCUT2D eigenvalue weighted by Gasteiger charge is -2.34. The molecule has 0 spiro atoms. The third-order valence-electron chi connectivity index (χ3n) is 4.40. The Labute approximate surface area is 154 Å². The summed E-state index contributed by atoms with van der Waals surface area (Å²) in [5.41, 5.74) is 1.65. The van der Waals surface area contributed by atoms with Gasteiger partial charge in [-0.2, -0.15) is 0 Å². The molecular weight excluding hydrogens is 330 g/mol. The van der Waals surface area contributed by atoms with E-state index >= 15 is 0 Å². The van der Waals surface area contributed by atoms with E-state index < -0.39 is 0 Å². The summed E-state index contributed by atoms with van der Waals surface area (Å²) in [6, 6.07) is 9.39. The highest BCUT2D eigenvalue weighted by atomic mass is 16.5. The van der Waals surface area contributed by atoms with Crippen molar-refractivity contribution in [3.63, 3.8) is 0 Å². The minimum Gasteiger partial charge on any atom is -0.490 e. The van der Waals surface area contributed by atoms with Gasteiger partial charge in [0.2, 0.25) is 0 Å². The van der Waals surface area contributed by atoms with Crippen LogP contribution in [-0.2, 0) is 6.61 Å². The molecule has 3 rings (SSSR count). The number of rotatable bonds is 6. The lowest BCUT2D eigenvalue weighted by atomic mass is 10.1. The molecular formula is C20H25N3O3. The van der Waals surface area contributed by atoms with E-state index in [1.54, 1.807) is 18.5 Å². The first-order chi connectivity index (χ1) is 12.7. The zero-order chi connectivity index (χ0) is 18.4. The number of nitrogens with one attached hydrogen (secondary N) is 1. The van der Waals surface area contributed by atoms with Crippen LogP contribution < -0.4 is 14.8 Å². The van der Waals surface area contributed by atoms with Gasteiger partial charge in [0.15, 0.2) is 11.5 Å². The van der Waals surface area contributed by atoms with Crippen LogP contribution in [0.15, 0.2) is 42.7 Å². The SMILES string of the molecule is CCOc1cc(C(=O)N2CCNC[C@@H]2C)ccc1OCc1ccncc1. The van der Waals surface area contributed by atoms with E-state index in [0.717, 1.165) is 18.7 Å². The van der Waals surface area contributed by atoms with Crippen molar-refractivity contribution in [2.45, 2.75) is 26.5 Å². The molecule has 1 N–H and O–H groups in total. The first-order valence-corrected chi connectivity index (χ1v) is 8.99. The number of aromatic nitrogens is 1. The summed E-state index contributed by atoms with van der Waals surface area (Å²) in [5, 5.41) is 3.30. The molecule has 2 heterocycles. The third kappa shape index (κ3) is 4.32. The Morgan fingerprint density at radius 3 is 2.77 bits per heavy atom. The molecule has 0 bridgehead atoms. The zero-order valence-corrected chi connectivity index (χ0v) is 15.3. The van der Waals surface area contributed by atoms with Gasteiger partial charge in [-0.15, -0.1) is 0 Å². The smallest absolute Gasteiger partial charge is 0.254 e. The number of benzene rings is 1. The van der Waals surface area contributed by atoms with Crippen LogP contribution in [0.2, 0.25) is 0 Å². The normalized spacial score (nSPS) is 17.0. The van der Waals surface area contributed by atoms with Crippen LogP contribution in [0.1, 0.15) is 29.8 Å². The van der Waals surface area contributed by atoms with Crippen LogP contribution >= 0.6 is 0 Å². The highest BCUT2D eigenvalue weighted by molar-refractivity contribution is 5.95. The van der Waals surface area contributed by atoms with E-state index in [0.29, 0.717) is 36.8 Å². The summed E-state index contributed by atoms with van der Waals surface area (Å²) in [4.78, 5) is 18.8. The van der Waals surface area contributed by atoms with Crippen LogP contribution in [0, 0.1) is 0 Å². The van der Waals surface area contributed by atoms with Crippen molar-refractivity contribution in [2.75, 3.05) is 26.2 Å². The molecule has 2 aromatic rings. The molecule has 1 atom stereocenters. The second kappa shape index (κ2) is 8.67. The molecule has 1 aliphatic heterocycles. The quantitative estimate of drug-likeness (QED) is 0.863. The minimum absolute atomic E-state index is 0.0284. The van der Waals surface area contributed by atoms with Crippen LogP contribution in [0.25, 0.3) is 0 Å². The van der Waals surface area contributed by atoms with Crippen molar-refractivity contribution < 1.29 is 14.3 Å². The topological polar surface area (TPSA) is 63.7 Å². The van der Waals surface area contributed by atoms with Crippen LogP contribution in [0.5, 0.6) is 11.5 Å². The van der Waals surface area contributed by atoms with E-state index in [-0.39, 0.29) is 11.9 Å². The van der Waals surface area contributed by atoms with E-state index in [1.165, 1.54) is 0 Å². The molecule has 1 amide bonds. The number of nitrogens with zero attached hydrogens (tertiary/aromatic N) is 2. The summed E-state index contributed by atoms with van der Waals surface area (Å²) < 4.78 is 11.6. The highest BCUT2D eigenvalue weighted by Crippen LogP contribution is 2.30. The number of carbonyl (C=O) groups is 1. The summed E-state index contributed by atoms with van der Waals surface area (Å²) >= 11 is 0. The van der Waals surface area contributed by atoms with E-state index in [9.17, 15) is 4.79 Å². The molecule has 0 radical (unpaired) electrons. The second-order valence-electron chi connectivity index (χ2n) is 6.29. The molecule has 1 fully saturated rings. The number of piperazine rings is 1. The van der Waals surface area contributed by atoms with Gasteiger partial charge in [0.05, 0.1) is 6.61 Å². The maximum Gasteiger partial charge on any atom is 0.254 e. The number of carbonyl (C=O) groups excluding carboxylic acids is 1. The molecule has 6 nitrogen and oxygen atoms in total. The van der Waals surface area contributed by atoms with Crippen LogP contribution in [-0.4, -0.2) is 48.1 Å². The third-order valence-corrected chi connectivity index (χ3v) is 4.40. The van der Waals surface area contributed by atoms with Gasteiger partial charge in [0.1, 0.15) is 6.61 Å². The lowest BCUT2D eigenvalue weighted by molar-refractivity contribution is 0.0655. The lowest BCUT2D eigenvalue weighted by Crippen LogP contribution is -2.52. The zero-order valence-electron chi connectivity index (χ0n) is 15.3. The number of hydrogen-bond donors (Lipinski definition) is 1. The highest BCUT2D eigenvalue weighted by Gasteiger charge is 2.24. The molecule has 138 valence electrons. The van der Waals surface area contributed by atoms with Gasteiger partial charge in [0, 0.05) is 43.6 Å². The maximum absolute atomic E-state index is 12.9. The van der Waals surface area contributed by atoms with Gasteiger partial charge in [-0.25, -0.2) is 0 Å². The van der Waals surface area contributed by atoms with Gasteiger partial charge in [-0.05, 0) is 49.7 Å². The Hall–Kier alpha value is -2.60. The summed E-state index contributed by atoms with van der Waals surface area (Å²) in [5.74, 6) is 1.25. The molecule has 0 aliphatic carbocycles. The number of amides is 1. The van der Waals surface area contributed by atoms with E-state index in [2.05, 4.69) is 17.2 Å². The van der Waals surface area contributed by atoms with Crippen LogP contribution in [0.3, 0.4) is 0 Å². The summed E-state index contributed by atoms with van der Waals surface area (Å²) in [7, 11) is 0. The largest absolute Gasteiger partial charge is 0.490 e. The fourth-order valence-electron chi connectivity index (χ4n) is 2.98. The van der Waals surface area contributed by atoms with Crippen molar-refractivity contribution in [3.05, 3.63) is 53.9 Å². The van der Waals surface area contributed by atoms with Crippen molar-refractivity contribution in [3.8, 4) is 11.5 Å². The first-order valence-electron chi connectivity index (χ1n) is 8.99. The first kappa shape index (κ1) is 18.2. The van der Waals surface area contributed by atoms with Crippen molar-refractivity contribution >= 4 is 5.91 Å². The van der Waals surface area contributed by atoms with Gasteiger partial charge < -0.3 is 19.7 Å². The molecule has 26 heavy (non-hydrogen) atoms. The maximum atomic E-state index is 12.9. The predicted molar refractivity (Wildman–Crippen MR) is 99.5 cm³/mol. The fraction of sp³-hybridized carbons (Fsp3) is 0.400. The van der Waals surface area contributed by atoms with Gasteiger partial charge >= 0.3 is 0 Å². The number of pyridine rings is 1. The fourth-order valence-corrected chi connectivity index (χ4v) is 2.98. The molecule has 1 aromatic heterocycles. The predicted octanol–water partition coefficient (Wildman–Crippen LogP) is 2.49. The Bertz CT molecular complexity index is 736. The number of hydrogen-bond acceptors (Lipinski definition) is 5. The Kier molecular flexibility index (Phi) is 6.07. The molecule has 0 unspecified atom stereocenters. The van der Waals surface area contributed by atoms with Gasteiger partial charge in [0.25, 0.3) is 5.91 Å². The summed E-state index contributed by atoms with van der Waals surface area (Å²) in [6.45, 7) is 7.25. The molecule has 1 saturated heterocycles. The van der Waals surface area contributed by atoms with Crippen molar-refractivity contribution in [2.24, 2.45) is 0 Å². The van der Waals surface area contributed by atoms with Crippen molar-refractivity contribution in [1.29, 1.82) is 0 Å². The Morgan fingerprint density at radius 2 is 2.04 bits per heavy atom. The monoisotopic (exact) mass is 355 g/mol. The molecule has 6 heteroatoms. The number of ether oxygens (including phenoxy) is 2. The average molecular weight is 355 g/mol. The van der Waals surface area contributed by atoms with Crippen LogP contribution in [0.4, 0.5) is 0 Å². The van der Waals surface area contributed by atoms with Gasteiger partial charge in [-0.1, -0.05) is 0 Å². The standard InChI is InChI=1S/C20H25N3O3/c1-3-25-19-12-17(20(24)23-11-10-22-13-15(23)2)4-5-18(19)26-14-16-6-8-21-9-7-16/h4-9,12,15,22H,3,10-11,13-14H2,1-2H3/t15-/m0/s1. The summed E-state index contributed by atoms with van der Waals surface area (Å²) in [6.07, 6.45) is 3.47. The molecule has 1 aliphatic rings. The van der Waals surface area contributed by atoms with E-state index in [4.69, 9.17) is 9.47 Å². The minimum atomic E-state index is 0.0284. The van der Waals surface area contributed by atoms with Gasteiger partial charge in [-0.3, -0.25) is 9.78 Å². The molecule has 1 aromatic carbocycles. The second-order valence-corrected chi connectivity index (χ2v) is 6.29. The van der Waals surface area contributed by atoms with Crippen molar-refractivity contribution in [1.82, 2.24) is 15.2 Å². The Balaban J connectivity index is 1.76. The molecule has 0 saturated carbocycles. The average Bonchev–Trinajstić information content (AvgIpc) is 2.68. The van der Waals surface area contributed by atoms with E-state index in [1.807, 2.05) is 36.1 Å². The Morgan fingerprint density at radius 1 is 1.23 bits per heavy atom.